The number of halogens is 2. The first-order valence-electron chi connectivity index (χ1n) is 8.77. The van der Waals surface area contributed by atoms with Gasteiger partial charge in [0.05, 0.1) is 26.2 Å². The highest BCUT2D eigenvalue weighted by Crippen LogP contribution is 2.26. The molecule has 0 unspecified atom stereocenters. The number of hydrogen-bond acceptors (Lipinski definition) is 5. The van der Waals surface area contributed by atoms with Crippen LogP contribution in [-0.4, -0.2) is 23.9 Å². The van der Waals surface area contributed by atoms with Gasteiger partial charge in [-0.05, 0) is 89.7 Å². The van der Waals surface area contributed by atoms with E-state index in [1.165, 1.54) is 49.6 Å². The number of nitrogens with one attached hydrogen (secondary N) is 2. The number of anilines is 2. The number of sulfonamides is 2. The topological polar surface area (TPSA) is 102 Å². The van der Waals surface area contributed by atoms with Crippen molar-refractivity contribution >= 4 is 65.6 Å². The molecule has 0 aliphatic rings. The highest BCUT2D eigenvalue weighted by Gasteiger charge is 2.18. The van der Waals surface area contributed by atoms with Crippen molar-refractivity contribution in [3.63, 3.8) is 0 Å². The Labute approximate surface area is 200 Å². The van der Waals surface area contributed by atoms with E-state index in [-0.39, 0.29) is 15.5 Å². The molecule has 0 aliphatic heterocycles. The Morgan fingerprint density at radius 2 is 1.35 bits per heavy atom. The zero-order valence-electron chi connectivity index (χ0n) is 16.4. The fourth-order valence-corrected chi connectivity index (χ4v) is 5.86. The monoisotopic (exact) mass is 592 g/mol. The first-order valence-corrected chi connectivity index (χ1v) is 13.2. The molecule has 0 radical (unpaired) electrons. The van der Waals surface area contributed by atoms with Gasteiger partial charge in [-0.25, -0.2) is 16.8 Å². The maximum atomic E-state index is 12.6. The van der Waals surface area contributed by atoms with Gasteiger partial charge in [0.1, 0.15) is 5.75 Å². The van der Waals surface area contributed by atoms with Crippen LogP contribution in [0.3, 0.4) is 0 Å². The Morgan fingerprint density at radius 1 is 0.806 bits per heavy atom. The minimum Gasteiger partial charge on any atom is -0.496 e. The van der Waals surface area contributed by atoms with Crippen LogP contribution < -0.4 is 14.2 Å². The average Bonchev–Trinajstić information content (AvgIpc) is 2.70. The molecule has 0 saturated carbocycles. The second-order valence-corrected chi connectivity index (χ2v) is 11.4. The van der Waals surface area contributed by atoms with Crippen LogP contribution in [0.1, 0.15) is 5.56 Å². The maximum Gasteiger partial charge on any atom is 0.261 e. The van der Waals surface area contributed by atoms with Crippen LogP contribution in [0.25, 0.3) is 0 Å². The highest BCUT2D eigenvalue weighted by atomic mass is 127. The summed E-state index contributed by atoms with van der Waals surface area (Å²) in [5.41, 5.74) is 1.38. The van der Waals surface area contributed by atoms with Crippen molar-refractivity contribution < 1.29 is 21.6 Å². The van der Waals surface area contributed by atoms with Gasteiger partial charge in [0.2, 0.25) is 0 Å². The molecule has 31 heavy (non-hydrogen) atoms. The van der Waals surface area contributed by atoms with Crippen molar-refractivity contribution in [2.45, 2.75) is 16.7 Å². The van der Waals surface area contributed by atoms with Crippen molar-refractivity contribution in [3.05, 3.63) is 74.8 Å². The molecule has 0 amide bonds. The van der Waals surface area contributed by atoms with Crippen molar-refractivity contribution in [2.75, 3.05) is 16.6 Å². The van der Waals surface area contributed by atoms with Crippen LogP contribution >= 0.6 is 34.2 Å². The third-order valence-electron chi connectivity index (χ3n) is 4.27. The zero-order chi connectivity index (χ0) is 22.8. The predicted molar refractivity (Wildman–Crippen MR) is 130 cm³/mol. The summed E-state index contributed by atoms with van der Waals surface area (Å²) in [6, 6.07) is 14.7. The zero-order valence-corrected chi connectivity index (χ0v) is 20.9. The molecule has 0 aliphatic carbocycles. The van der Waals surface area contributed by atoms with E-state index in [9.17, 15) is 16.8 Å². The normalized spacial score (nSPS) is 11.7. The van der Waals surface area contributed by atoms with E-state index in [2.05, 4.69) is 9.44 Å². The van der Waals surface area contributed by atoms with E-state index in [1.54, 1.807) is 18.2 Å². The molecule has 0 aromatic heterocycles. The van der Waals surface area contributed by atoms with Gasteiger partial charge in [0.25, 0.3) is 20.0 Å². The molecular weight excluding hydrogens is 575 g/mol. The second-order valence-electron chi connectivity index (χ2n) is 6.50. The molecule has 0 bridgehead atoms. The van der Waals surface area contributed by atoms with Gasteiger partial charge in [-0.3, -0.25) is 9.44 Å². The summed E-state index contributed by atoms with van der Waals surface area (Å²) in [5.74, 6) is 0.566. The molecule has 0 saturated heterocycles. The lowest BCUT2D eigenvalue weighted by atomic mass is 10.2. The lowest BCUT2D eigenvalue weighted by Gasteiger charge is -2.12. The Morgan fingerprint density at radius 3 is 1.94 bits per heavy atom. The summed E-state index contributed by atoms with van der Waals surface area (Å²) in [4.78, 5) is 0.0402. The molecule has 0 heterocycles. The van der Waals surface area contributed by atoms with E-state index in [0.717, 1.165) is 5.56 Å². The Balaban J connectivity index is 1.79. The van der Waals surface area contributed by atoms with Gasteiger partial charge in [-0.15, -0.1) is 0 Å². The summed E-state index contributed by atoms with van der Waals surface area (Å²) < 4.78 is 61.2. The molecule has 0 spiro atoms. The largest absolute Gasteiger partial charge is 0.496 e. The summed E-state index contributed by atoms with van der Waals surface area (Å²) in [7, 11) is -6.22. The number of aryl methyl sites for hydroxylation is 1. The summed E-state index contributed by atoms with van der Waals surface area (Å²) in [6.07, 6.45) is 0. The van der Waals surface area contributed by atoms with E-state index in [4.69, 9.17) is 16.3 Å². The quantitative estimate of drug-likeness (QED) is 0.382. The molecule has 3 aromatic carbocycles. The molecule has 3 rings (SSSR count). The number of benzene rings is 3. The van der Waals surface area contributed by atoms with Crippen molar-refractivity contribution in [3.8, 4) is 5.75 Å². The summed E-state index contributed by atoms with van der Waals surface area (Å²) >= 11 is 8.02. The minimum absolute atomic E-state index is 0.0221. The molecule has 164 valence electrons. The van der Waals surface area contributed by atoms with Crippen molar-refractivity contribution in [1.82, 2.24) is 0 Å². The van der Waals surface area contributed by atoms with E-state index in [0.29, 0.717) is 20.0 Å². The van der Waals surface area contributed by atoms with Crippen LogP contribution in [0.4, 0.5) is 11.4 Å². The standard InChI is InChI=1S/C20H18ClIN2O5S2/c1-13-3-4-15(11-18(13)21)24-30(25,26)16-7-5-14(6-8-16)23-31(27,28)17-9-10-20(29-2)19(22)12-17/h3-12,23-24H,1-2H3. The minimum atomic E-state index is -3.87. The van der Waals surface area contributed by atoms with Crippen LogP contribution in [0.2, 0.25) is 5.02 Å². The number of ether oxygens (including phenoxy) is 1. The van der Waals surface area contributed by atoms with E-state index in [1.807, 2.05) is 29.5 Å². The Kier molecular flexibility index (Phi) is 7.04. The van der Waals surface area contributed by atoms with Gasteiger partial charge in [0, 0.05) is 10.7 Å². The first-order chi connectivity index (χ1) is 14.5. The molecule has 2 N–H and O–H groups in total. The van der Waals surface area contributed by atoms with Crippen LogP contribution in [-0.2, 0) is 20.0 Å². The van der Waals surface area contributed by atoms with E-state index < -0.39 is 20.0 Å². The SMILES string of the molecule is COc1ccc(S(=O)(=O)Nc2ccc(S(=O)(=O)Nc3ccc(C)c(Cl)c3)cc2)cc1I. The second kappa shape index (κ2) is 9.23. The molecule has 3 aromatic rings. The molecule has 11 heteroatoms. The van der Waals surface area contributed by atoms with Crippen LogP contribution in [0, 0.1) is 10.5 Å². The van der Waals surface area contributed by atoms with Crippen LogP contribution in [0.15, 0.2) is 70.5 Å². The Hall–Kier alpha value is -2.02. The number of rotatable bonds is 7. The highest BCUT2D eigenvalue weighted by molar-refractivity contribution is 14.1. The summed E-state index contributed by atoms with van der Waals surface area (Å²) in [5, 5.41) is 0.443. The van der Waals surface area contributed by atoms with Crippen LogP contribution in [0.5, 0.6) is 5.75 Å². The van der Waals surface area contributed by atoms with Crippen molar-refractivity contribution in [1.29, 1.82) is 0 Å². The number of methoxy groups -OCH3 is 1. The molecule has 7 nitrogen and oxygen atoms in total. The average molecular weight is 593 g/mol. The smallest absolute Gasteiger partial charge is 0.261 e. The fraction of sp³-hybridized carbons (Fsp3) is 0.100. The van der Waals surface area contributed by atoms with E-state index >= 15 is 0 Å². The van der Waals surface area contributed by atoms with Gasteiger partial charge >= 0.3 is 0 Å². The molecule has 0 fully saturated rings. The first kappa shape index (κ1) is 23.6. The maximum absolute atomic E-state index is 12.6. The van der Waals surface area contributed by atoms with Gasteiger partial charge < -0.3 is 4.74 Å². The fourth-order valence-electron chi connectivity index (χ4n) is 2.60. The molecule has 0 atom stereocenters. The van der Waals surface area contributed by atoms with Crippen molar-refractivity contribution in [2.24, 2.45) is 0 Å². The molecular formula is C20H18ClIN2O5S2. The Bertz CT molecular complexity index is 1330. The number of hydrogen-bond donors (Lipinski definition) is 2. The third-order valence-corrected chi connectivity index (χ3v) is 8.30. The third kappa shape index (κ3) is 5.62. The lowest BCUT2D eigenvalue weighted by molar-refractivity contribution is 0.411. The predicted octanol–water partition coefficient (Wildman–Crippen LogP) is 4.86. The van der Waals surface area contributed by atoms with Gasteiger partial charge in [-0.1, -0.05) is 17.7 Å². The summed E-state index contributed by atoms with van der Waals surface area (Å²) in [6.45, 7) is 1.81. The van der Waals surface area contributed by atoms with Gasteiger partial charge in [-0.2, -0.15) is 0 Å². The lowest BCUT2D eigenvalue weighted by Crippen LogP contribution is -2.15. The van der Waals surface area contributed by atoms with Gasteiger partial charge in [0.15, 0.2) is 0 Å².